The summed E-state index contributed by atoms with van der Waals surface area (Å²) in [6, 6.07) is 14.1. The first kappa shape index (κ1) is 18.4. The van der Waals surface area contributed by atoms with Crippen LogP contribution in [0.1, 0.15) is 24.2 Å². The van der Waals surface area contributed by atoms with Crippen molar-refractivity contribution in [2.24, 2.45) is 7.05 Å². The first-order chi connectivity index (χ1) is 13.5. The van der Waals surface area contributed by atoms with Gasteiger partial charge in [0.1, 0.15) is 11.0 Å². The van der Waals surface area contributed by atoms with Gasteiger partial charge in [0.05, 0.1) is 5.56 Å². The van der Waals surface area contributed by atoms with E-state index in [1.54, 1.807) is 17.8 Å². The number of nitrogens with zero attached hydrogens (tertiary/aromatic N) is 5. The third kappa shape index (κ3) is 3.57. The van der Waals surface area contributed by atoms with Gasteiger partial charge < -0.3 is 10.2 Å². The van der Waals surface area contributed by atoms with E-state index < -0.39 is 0 Å². The van der Waals surface area contributed by atoms with Gasteiger partial charge in [0.15, 0.2) is 0 Å². The van der Waals surface area contributed by atoms with Crippen LogP contribution < -0.4 is 10.2 Å². The van der Waals surface area contributed by atoms with Crippen molar-refractivity contribution < 1.29 is 4.79 Å². The summed E-state index contributed by atoms with van der Waals surface area (Å²) in [4.78, 5) is 17.7. The van der Waals surface area contributed by atoms with E-state index in [0.29, 0.717) is 17.1 Å². The number of fused-ring (bicyclic) bond motifs is 1. The average Bonchev–Trinajstić information content (AvgIpc) is 3.09. The minimum atomic E-state index is -0.155. The second kappa shape index (κ2) is 7.59. The van der Waals surface area contributed by atoms with E-state index in [-0.39, 0.29) is 5.91 Å². The quantitative estimate of drug-likeness (QED) is 0.756. The van der Waals surface area contributed by atoms with E-state index in [2.05, 4.69) is 45.3 Å². The Labute approximate surface area is 164 Å². The molecule has 1 aliphatic rings. The second-order valence-corrected chi connectivity index (χ2v) is 7.51. The molecule has 1 aromatic heterocycles. The van der Waals surface area contributed by atoms with Gasteiger partial charge in [-0.3, -0.25) is 9.69 Å². The molecule has 1 fully saturated rings. The molecule has 0 radical (unpaired) electrons. The number of aromatic nitrogens is 3. The van der Waals surface area contributed by atoms with E-state index in [4.69, 9.17) is 0 Å². The summed E-state index contributed by atoms with van der Waals surface area (Å²) >= 11 is 0. The SMILES string of the molecule is CC(C)N1CCN(c2cccc(NC(=O)c3cccc4nnn(C)c34)c2)CC1. The summed E-state index contributed by atoms with van der Waals surface area (Å²) < 4.78 is 1.63. The van der Waals surface area contributed by atoms with Crippen molar-refractivity contribution in [2.45, 2.75) is 19.9 Å². The Morgan fingerprint density at radius 1 is 1.07 bits per heavy atom. The fraction of sp³-hybridized carbons (Fsp3) is 0.381. The largest absolute Gasteiger partial charge is 0.369 e. The van der Waals surface area contributed by atoms with Crippen LogP contribution in [-0.2, 0) is 7.05 Å². The first-order valence-corrected chi connectivity index (χ1v) is 9.72. The number of rotatable bonds is 4. The molecular formula is C21H26N6O. The molecule has 2 aromatic carbocycles. The van der Waals surface area contributed by atoms with Crippen molar-refractivity contribution in [3.8, 4) is 0 Å². The Balaban J connectivity index is 1.51. The number of benzene rings is 2. The molecule has 1 saturated heterocycles. The molecule has 0 spiro atoms. The molecule has 4 rings (SSSR count). The van der Waals surface area contributed by atoms with Crippen LogP contribution in [0.2, 0.25) is 0 Å². The second-order valence-electron chi connectivity index (χ2n) is 7.51. The highest BCUT2D eigenvalue weighted by Gasteiger charge is 2.19. The molecule has 2 heterocycles. The molecule has 28 heavy (non-hydrogen) atoms. The minimum absolute atomic E-state index is 0.155. The zero-order valence-corrected chi connectivity index (χ0v) is 16.6. The van der Waals surface area contributed by atoms with Crippen molar-refractivity contribution in [3.05, 3.63) is 48.0 Å². The Bertz CT molecular complexity index is 987. The number of aryl methyl sites for hydroxylation is 1. The van der Waals surface area contributed by atoms with E-state index in [1.807, 2.05) is 30.3 Å². The zero-order valence-electron chi connectivity index (χ0n) is 16.6. The van der Waals surface area contributed by atoms with E-state index in [1.165, 1.54) is 0 Å². The fourth-order valence-corrected chi connectivity index (χ4v) is 3.77. The highest BCUT2D eigenvalue weighted by molar-refractivity contribution is 6.11. The summed E-state index contributed by atoms with van der Waals surface area (Å²) in [5.41, 5.74) is 3.95. The van der Waals surface area contributed by atoms with Crippen LogP contribution in [0.25, 0.3) is 11.0 Å². The molecule has 7 nitrogen and oxygen atoms in total. The predicted molar refractivity (Wildman–Crippen MR) is 112 cm³/mol. The van der Waals surface area contributed by atoms with Crippen LogP contribution in [0, 0.1) is 0 Å². The maximum atomic E-state index is 12.9. The molecule has 0 bridgehead atoms. The Hall–Kier alpha value is -2.93. The molecular weight excluding hydrogens is 352 g/mol. The number of carbonyl (C=O) groups excluding carboxylic acids is 1. The number of anilines is 2. The van der Waals surface area contributed by atoms with Crippen LogP contribution >= 0.6 is 0 Å². The summed E-state index contributed by atoms with van der Waals surface area (Å²) in [5, 5.41) is 11.1. The zero-order chi connectivity index (χ0) is 19.7. The first-order valence-electron chi connectivity index (χ1n) is 9.72. The monoisotopic (exact) mass is 378 g/mol. The van der Waals surface area contributed by atoms with Gasteiger partial charge in [-0.15, -0.1) is 5.10 Å². The third-order valence-electron chi connectivity index (χ3n) is 5.38. The minimum Gasteiger partial charge on any atom is -0.369 e. The molecule has 7 heteroatoms. The third-order valence-corrected chi connectivity index (χ3v) is 5.38. The Morgan fingerprint density at radius 2 is 1.82 bits per heavy atom. The lowest BCUT2D eigenvalue weighted by Crippen LogP contribution is -2.48. The summed E-state index contributed by atoms with van der Waals surface area (Å²) in [5.74, 6) is -0.155. The van der Waals surface area contributed by atoms with Gasteiger partial charge in [-0.1, -0.05) is 17.3 Å². The number of para-hydroxylation sites is 1. The van der Waals surface area contributed by atoms with Gasteiger partial charge in [0.25, 0.3) is 5.91 Å². The lowest BCUT2D eigenvalue weighted by atomic mass is 10.1. The molecule has 0 aliphatic carbocycles. The molecule has 1 amide bonds. The fourth-order valence-electron chi connectivity index (χ4n) is 3.77. The van der Waals surface area contributed by atoms with Gasteiger partial charge >= 0.3 is 0 Å². The van der Waals surface area contributed by atoms with Gasteiger partial charge in [-0.2, -0.15) is 0 Å². The Morgan fingerprint density at radius 3 is 2.57 bits per heavy atom. The highest BCUT2D eigenvalue weighted by atomic mass is 16.1. The lowest BCUT2D eigenvalue weighted by molar-refractivity contribution is 0.102. The van der Waals surface area contributed by atoms with E-state index in [0.717, 1.165) is 43.1 Å². The molecule has 0 saturated carbocycles. The number of hydrogen-bond donors (Lipinski definition) is 1. The molecule has 0 atom stereocenters. The summed E-state index contributed by atoms with van der Waals surface area (Å²) in [6.07, 6.45) is 0. The van der Waals surface area contributed by atoms with Gasteiger partial charge in [0, 0.05) is 50.6 Å². The molecule has 1 aliphatic heterocycles. The standard InChI is InChI=1S/C21H26N6O/c1-15(2)26-10-12-27(13-11-26)17-7-4-6-16(14-17)22-21(28)18-8-5-9-19-20(18)25(3)24-23-19/h4-9,14-15H,10-13H2,1-3H3,(H,22,28). The van der Waals surface area contributed by atoms with Crippen molar-refractivity contribution >= 4 is 28.3 Å². The number of carbonyl (C=O) groups is 1. The predicted octanol–water partition coefficient (Wildman–Crippen LogP) is 2.75. The molecule has 146 valence electrons. The molecule has 3 aromatic rings. The maximum Gasteiger partial charge on any atom is 0.257 e. The average molecular weight is 378 g/mol. The van der Waals surface area contributed by atoms with E-state index >= 15 is 0 Å². The van der Waals surface area contributed by atoms with Crippen molar-refractivity contribution in [1.29, 1.82) is 0 Å². The Kier molecular flexibility index (Phi) is 5.00. The smallest absolute Gasteiger partial charge is 0.257 e. The highest BCUT2D eigenvalue weighted by Crippen LogP contribution is 2.23. The number of piperazine rings is 1. The number of hydrogen-bond acceptors (Lipinski definition) is 5. The van der Waals surface area contributed by atoms with Crippen LogP contribution in [0.3, 0.4) is 0 Å². The van der Waals surface area contributed by atoms with Gasteiger partial charge in [-0.05, 0) is 44.2 Å². The topological polar surface area (TPSA) is 66.3 Å². The lowest BCUT2D eigenvalue weighted by Gasteiger charge is -2.38. The van der Waals surface area contributed by atoms with Crippen molar-refractivity contribution in [2.75, 3.05) is 36.4 Å². The number of amides is 1. The normalized spacial score (nSPS) is 15.4. The number of nitrogens with one attached hydrogen (secondary N) is 1. The van der Waals surface area contributed by atoms with Gasteiger partial charge in [0.2, 0.25) is 0 Å². The van der Waals surface area contributed by atoms with E-state index in [9.17, 15) is 4.79 Å². The maximum absolute atomic E-state index is 12.9. The molecule has 0 unspecified atom stereocenters. The summed E-state index contributed by atoms with van der Waals surface area (Å²) in [6.45, 7) is 8.59. The van der Waals surface area contributed by atoms with Crippen LogP contribution in [0.5, 0.6) is 0 Å². The molecule has 1 N–H and O–H groups in total. The van der Waals surface area contributed by atoms with Crippen molar-refractivity contribution in [1.82, 2.24) is 19.9 Å². The van der Waals surface area contributed by atoms with Crippen LogP contribution in [-0.4, -0.2) is 58.0 Å². The van der Waals surface area contributed by atoms with Crippen molar-refractivity contribution in [3.63, 3.8) is 0 Å². The van der Waals surface area contributed by atoms with Crippen LogP contribution in [0.15, 0.2) is 42.5 Å². The summed E-state index contributed by atoms with van der Waals surface area (Å²) in [7, 11) is 1.80. The van der Waals surface area contributed by atoms with Gasteiger partial charge in [-0.25, -0.2) is 4.68 Å². The van der Waals surface area contributed by atoms with Crippen LogP contribution in [0.4, 0.5) is 11.4 Å².